The van der Waals surface area contributed by atoms with Crippen molar-refractivity contribution in [1.29, 1.82) is 0 Å². The maximum atomic E-state index is 12.5. The Bertz CT molecular complexity index is 911. The smallest absolute Gasteiger partial charge is 0.255 e. The van der Waals surface area contributed by atoms with Crippen LogP contribution in [0.3, 0.4) is 0 Å². The van der Waals surface area contributed by atoms with Crippen LogP contribution in [0.15, 0.2) is 48.5 Å². The first-order valence-electron chi connectivity index (χ1n) is 10.1. The molecule has 158 valence electrons. The van der Waals surface area contributed by atoms with E-state index in [9.17, 15) is 14.4 Å². The first-order chi connectivity index (χ1) is 14.5. The molecule has 1 aliphatic rings. The van der Waals surface area contributed by atoms with Gasteiger partial charge in [-0.25, -0.2) is 0 Å². The number of rotatable bonds is 8. The molecule has 0 spiro atoms. The molecule has 3 rings (SSSR count). The van der Waals surface area contributed by atoms with Gasteiger partial charge in [-0.15, -0.1) is 0 Å². The Morgan fingerprint density at radius 2 is 1.83 bits per heavy atom. The number of ether oxygens (including phenoxy) is 1. The van der Waals surface area contributed by atoms with Gasteiger partial charge in [0.15, 0.2) is 0 Å². The van der Waals surface area contributed by atoms with Crippen molar-refractivity contribution in [1.82, 2.24) is 4.90 Å². The van der Waals surface area contributed by atoms with Crippen molar-refractivity contribution in [3.05, 3.63) is 54.1 Å². The van der Waals surface area contributed by atoms with Gasteiger partial charge >= 0.3 is 0 Å². The molecule has 0 radical (unpaired) electrons. The molecule has 1 heterocycles. The van der Waals surface area contributed by atoms with Crippen LogP contribution >= 0.6 is 0 Å². The summed E-state index contributed by atoms with van der Waals surface area (Å²) in [4.78, 5) is 38.8. The van der Waals surface area contributed by atoms with Gasteiger partial charge in [0, 0.05) is 30.8 Å². The highest BCUT2D eigenvalue weighted by atomic mass is 16.5. The van der Waals surface area contributed by atoms with Crippen molar-refractivity contribution in [3.8, 4) is 5.75 Å². The number of nitrogens with zero attached hydrogens (tertiary/aromatic N) is 1. The minimum absolute atomic E-state index is 0.0342. The van der Waals surface area contributed by atoms with Crippen LogP contribution in [-0.2, 0) is 9.59 Å². The number of likely N-dealkylation sites (tertiary alicyclic amines) is 1. The number of para-hydroxylation sites is 2. The minimum Gasteiger partial charge on any atom is -0.495 e. The molecule has 7 nitrogen and oxygen atoms in total. The zero-order valence-corrected chi connectivity index (χ0v) is 17.3. The summed E-state index contributed by atoms with van der Waals surface area (Å²) in [6, 6.07) is 13.8. The average Bonchev–Trinajstić information content (AvgIpc) is 3.13. The Hall–Kier alpha value is -3.35. The maximum absolute atomic E-state index is 12.5. The largest absolute Gasteiger partial charge is 0.495 e. The second kappa shape index (κ2) is 9.91. The summed E-state index contributed by atoms with van der Waals surface area (Å²) in [5.74, 6) is -0.178. The summed E-state index contributed by atoms with van der Waals surface area (Å²) in [5.41, 5.74) is 1.63. The molecule has 2 aromatic carbocycles. The highest BCUT2D eigenvalue weighted by Crippen LogP contribution is 2.24. The van der Waals surface area contributed by atoms with Crippen LogP contribution in [0.25, 0.3) is 0 Å². The van der Waals surface area contributed by atoms with Crippen LogP contribution in [0.1, 0.15) is 36.5 Å². The number of carbonyl (C=O) groups excluding carboxylic acids is 3. The van der Waals surface area contributed by atoms with E-state index in [1.807, 2.05) is 12.1 Å². The predicted octanol–water partition coefficient (Wildman–Crippen LogP) is 3.53. The van der Waals surface area contributed by atoms with E-state index in [-0.39, 0.29) is 30.1 Å². The van der Waals surface area contributed by atoms with Gasteiger partial charge in [-0.2, -0.15) is 0 Å². The van der Waals surface area contributed by atoms with Crippen LogP contribution in [0.4, 0.5) is 11.4 Å². The SMILES string of the molecule is CCCCN1CC(C(=O)Nc2ccc(C(=O)Nc3ccccc3OC)cc2)CC1=O. The quantitative estimate of drug-likeness (QED) is 0.698. The summed E-state index contributed by atoms with van der Waals surface area (Å²) >= 11 is 0. The molecule has 3 amide bonds. The zero-order chi connectivity index (χ0) is 21.5. The number of amides is 3. The molecule has 2 N–H and O–H groups in total. The monoisotopic (exact) mass is 409 g/mol. The van der Waals surface area contributed by atoms with E-state index in [4.69, 9.17) is 4.74 Å². The molecular formula is C23H27N3O4. The van der Waals surface area contributed by atoms with Gasteiger partial charge < -0.3 is 20.3 Å². The molecule has 1 atom stereocenters. The number of carbonyl (C=O) groups is 3. The number of hydrogen-bond donors (Lipinski definition) is 2. The highest BCUT2D eigenvalue weighted by Gasteiger charge is 2.33. The molecule has 0 aliphatic carbocycles. The summed E-state index contributed by atoms with van der Waals surface area (Å²) in [6.07, 6.45) is 2.20. The number of methoxy groups -OCH3 is 1. The predicted molar refractivity (Wildman–Crippen MR) is 116 cm³/mol. The van der Waals surface area contributed by atoms with E-state index in [1.54, 1.807) is 48.4 Å². The van der Waals surface area contributed by atoms with Gasteiger partial charge in [0.05, 0.1) is 18.7 Å². The van der Waals surface area contributed by atoms with E-state index < -0.39 is 0 Å². The van der Waals surface area contributed by atoms with Crippen LogP contribution in [0.2, 0.25) is 0 Å². The molecule has 2 aromatic rings. The third-order valence-corrected chi connectivity index (χ3v) is 5.14. The lowest BCUT2D eigenvalue weighted by Gasteiger charge is -2.16. The summed E-state index contributed by atoms with van der Waals surface area (Å²) in [5, 5.41) is 5.66. The van der Waals surface area contributed by atoms with Crippen LogP contribution in [0, 0.1) is 5.92 Å². The van der Waals surface area contributed by atoms with E-state index >= 15 is 0 Å². The van der Waals surface area contributed by atoms with Gasteiger partial charge in [0.25, 0.3) is 5.91 Å². The normalized spacial score (nSPS) is 15.7. The van der Waals surface area contributed by atoms with Crippen molar-refractivity contribution in [2.24, 2.45) is 5.92 Å². The van der Waals surface area contributed by atoms with Crippen molar-refractivity contribution in [2.75, 3.05) is 30.8 Å². The lowest BCUT2D eigenvalue weighted by molar-refractivity contribution is -0.128. The Balaban J connectivity index is 1.57. The van der Waals surface area contributed by atoms with Crippen LogP contribution in [0.5, 0.6) is 5.75 Å². The standard InChI is InChI=1S/C23H27N3O4/c1-3-4-13-26-15-17(14-21(26)27)23(29)24-18-11-9-16(10-12-18)22(28)25-19-7-5-6-8-20(19)30-2/h5-12,17H,3-4,13-15H2,1-2H3,(H,24,29)(H,25,28). The molecule has 1 saturated heterocycles. The topological polar surface area (TPSA) is 87.7 Å². The highest BCUT2D eigenvalue weighted by molar-refractivity contribution is 6.05. The third kappa shape index (κ3) is 5.17. The minimum atomic E-state index is -0.345. The summed E-state index contributed by atoms with van der Waals surface area (Å²) in [7, 11) is 1.55. The van der Waals surface area contributed by atoms with E-state index in [2.05, 4.69) is 17.6 Å². The fraction of sp³-hybridized carbons (Fsp3) is 0.348. The van der Waals surface area contributed by atoms with Gasteiger partial charge in [-0.05, 0) is 42.8 Å². The molecule has 1 fully saturated rings. The fourth-order valence-electron chi connectivity index (χ4n) is 3.40. The third-order valence-electron chi connectivity index (χ3n) is 5.14. The Morgan fingerprint density at radius 1 is 1.10 bits per heavy atom. The second-order valence-corrected chi connectivity index (χ2v) is 7.32. The molecule has 1 aliphatic heterocycles. The van der Waals surface area contributed by atoms with Crippen molar-refractivity contribution >= 4 is 29.1 Å². The number of anilines is 2. The van der Waals surface area contributed by atoms with Crippen molar-refractivity contribution in [3.63, 3.8) is 0 Å². The van der Waals surface area contributed by atoms with Gasteiger partial charge in [0.1, 0.15) is 5.75 Å². The Labute approximate surface area is 176 Å². The second-order valence-electron chi connectivity index (χ2n) is 7.32. The molecule has 0 saturated carbocycles. The van der Waals surface area contributed by atoms with Crippen molar-refractivity contribution in [2.45, 2.75) is 26.2 Å². The van der Waals surface area contributed by atoms with E-state index in [1.165, 1.54) is 0 Å². The van der Waals surface area contributed by atoms with Crippen molar-refractivity contribution < 1.29 is 19.1 Å². The Kier molecular flexibility index (Phi) is 7.06. The lowest BCUT2D eigenvalue weighted by atomic mass is 10.1. The maximum Gasteiger partial charge on any atom is 0.255 e. The average molecular weight is 409 g/mol. The number of hydrogen-bond acceptors (Lipinski definition) is 4. The summed E-state index contributed by atoms with van der Waals surface area (Å²) < 4.78 is 5.24. The summed E-state index contributed by atoms with van der Waals surface area (Å²) in [6.45, 7) is 3.24. The Morgan fingerprint density at radius 3 is 2.53 bits per heavy atom. The molecule has 0 bridgehead atoms. The van der Waals surface area contributed by atoms with Crippen LogP contribution < -0.4 is 15.4 Å². The molecule has 1 unspecified atom stereocenters. The first kappa shape index (κ1) is 21.4. The number of nitrogens with one attached hydrogen (secondary N) is 2. The van der Waals surface area contributed by atoms with E-state index in [0.29, 0.717) is 35.8 Å². The number of unbranched alkanes of at least 4 members (excludes halogenated alkanes) is 1. The van der Waals surface area contributed by atoms with Gasteiger partial charge in [-0.3, -0.25) is 14.4 Å². The molecular weight excluding hydrogens is 382 g/mol. The molecule has 30 heavy (non-hydrogen) atoms. The molecule has 0 aromatic heterocycles. The number of benzene rings is 2. The molecule has 7 heteroatoms. The lowest BCUT2D eigenvalue weighted by Crippen LogP contribution is -2.29. The zero-order valence-electron chi connectivity index (χ0n) is 17.3. The van der Waals surface area contributed by atoms with Crippen LogP contribution in [-0.4, -0.2) is 42.8 Å². The first-order valence-corrected chi connectivity index (χ1v) is 10.1. The fourth-order valence-corrected chi connectivity index (χ4v) is 3.40. The van der Waals surface area contributed by atoms with Gasteiger partial charge in [0.2, 0.25) is 11.8 Å². The van der Waals surface area contributed by atoms with E-state index in [0.717, 1.165) is 12.8 Å². The van der Waals surface area contributed by atoms with Gasteiger partial charge in [-0.1, -0.05) is 25.5 Å².